The Labute approximate surface area is 358 Å². The summed E-state index contributed by atoms with van der Waals surface area (Å²) in [5.74, 6) is -2.42. The number of hydrogen-bond donors (Lipinski definition) is 2. The average Bonchev–Trinajstić information content (AvgIpc) is 3.14. The smallest absolute Gasteiger partial charge is 0.756 e. The summed E-state index contributed by atoms with van der Waals surface area (Å²) in [7, 11) is -4.96. The maximum Gasteiger partial charge on any atom is 1.00 e. The number of carboxylic acid groups (broad SMARTS) is 1. The molecule has 0 aliphatic rings. The molecule has 0 spiro atoms. The molecular formula is C42H81NNaO10P. The minimum Gasteiger partial charge on any atom is -0.756 e. The molecule has 0 aliphatic carbocycles. The Balaban J connectivity index is 0. The summed E-state index contributed by atoms with van der Waals surface area (Å²) in [5.41, 5.74) is 5.30. The van der Waals surface area contributed by atoms with Gasteiger partial charge in [-0.25, -0.2) is 0 Å². The zero-order valence-electron chi connectivity index (χ0n) is 35.5. The van der Waals surface area contributed by atoms with Crippen LogP contribution in [-0.4, -0.2) is 55.0 Å². The standard InChI is InChI=1S/C42H82NO10P.Na/c1-3-5-7-9-11-13-15-17-19-21-23-25-27-29-31-33-40(44)50-35-38(36-51-54(48,49)52-37-39(43)42(46)47)53-41(45)34-32-30-28-26-24-22-20-18-16-14-12-10-8-6-4-2;/h38-39H,3-37,43H2,1-2H3,(H,46,47)(H,48,49);/q;+1/p-1/t38-,39+;/m1./s1. The van der Waals surface area contributed by atoms with Gasteiger partial charge >= 0.3 is 47.5 Å². The van der Waals surface area contributed by atoms with E-state index >= 15 is 0 Å². The Morgan fingerprint density at radius 1 is 0.527 bits per heavy atom. The van der Waals surface area contributed by atoms with E-state index in [1.165, 1.54) is 141 Å². The molecule has 0 amide bonds. The van der Waals surface area contributed by atoms with Crippen molar-refractivity contribution in [3.63, 3.8) is 0 Å². The van der Waals surface area contributed by atoms with Gasteiger partial charge < -0.3 is 34.3 Å². The number of phosphoric acid groups is 1. The third kappa shape index (κ3) is 41.4. The summed E-state index contributed by atoms with van der Waals surface area (Å²) < 4.78 is 32.3. The monoisotopic (exact) mass is 814 g/mol. The van der Waals surface area contributed by atoms with Crippen LogP contribution in [0.5, 0.6) is 0 Å². The summed E-state index contributed by atoms with van der Waals surface area (Å²) in [6, 6.07) is -1.56. The third-order valence-corrected chi connectivity index (χ3v) is 10.8. The molecule has 13 heteroatoms. The van der Waals surface area contributed by atoms with Crippen molar-refractivity contribution in [2.75, 3.05) is 19.8 Å². The molecule has 1 unspecified atom stereocenters. The van der Waals surface area contributed by atoms with Crippen molar-refractivity contribution in [1.29, 1.82) is 0 Å². The molecule has 0 saturated carbocycles. The fraction of sp³-hybridized carbons (Fsp3) is 0.929. The first-order valence-corrected chi connectivity index (χ1v) is 23.5. The molecule has 0 aromatic heterocycles. The number of rotatable bonds is 42. The normalized spacial score (nSPS) is 13.5. The number of unbranched alkanes of at least 4 members (excludes halogenated alkanes) is 28. The van der Waals surface area contributed by atoms with Crippen LogP contribution in [0, 0.1) is 0 Å². The number of carbonyl (C=O) groups is 3. The molecule has 0 aromatic carbocycles. The summed E-state index contributed by atoms with van der Waals surface area (Å²) in [4.78, 5) is 48.1. The van der Waals surface area contributed by atoms with Crippen LogP contribution in [0.1, 0.15) is 219 Å². The van der Waals surface area contributed by atoms with Crippen LogP contribution in [0.3, 0.4) is 0 Å². The largest absolute Gasteiger partial charge is 1.00 e. The first-order chi connectivity index (χ1) is 26.1. The van der Waals surface area contributed by atoms with Gasteiger partial charge in [-0.1, -0.05) is 194 Å². The van der Waals surface area contributed by atoms with E-state index in [0.29, 0.717) is 12.8 Å². The number of phosphoric ester groups is 1. The van der Waals surface area contributed by atoms with Crippen LogP contribution in [0.25, 0.3) is 0 Å². The van der Waals surface area contributed by atoms with E-state index in [9.17, 15) is 23.8 Å². The van der Waals surface area contributed by atoms with E-state index in [1.54, 1.807) is 0 Å². The van der Waals surface area contributed by atoms with Crippen molar-refractivity contribution >= 4 is 25.7 Å². The van der Waals surface area contributed by atoms with E-state index in [0.717, 1.165) is 38.5 Å². The molecule has 0 aliphatic heterocycles. The number of ether oxygens (including phenoxy) is 2. The van der Waals surface area contributed by atoms with Gasteiger partial charge in [0.05, 0.1) is 13.2 Å². The van der Waals surface area contributed by atoms with E-state index in [1.807, 2.05) is 0 Å². The number of nitrogens with two attached hydrogens (primary N) is 1. The number of carbonyl (C=O) groups excluding carboxylic acids is 2. The van der Waals surface area contributed by atoms with Gasteiger partial charge in [0.15, 0.2) is 6.10 Å². The molecule has 0 heterocycles. The fourth-order valence-corrected chi connectivity index (χ4v) is 7.12. The van der Waals surface area contributed by atoms with Crippen molar-refractivity contribution in [2.45, 2.75) is 231 Å². The van der Waals surface area contributed by atoms with Gasteiger partial charge in [-0.2, -0.15) is 0 Å². The van der Waals surface area contributed by atoms with Crippen LogP contribution in [0.4, 0.5) is 0 Å². The molecule has 0 rings (SSSR count). The number of hydrogen-bond acceptors (Lipinski definition) is 10. The molecule has 3 atom stereocenters. The third-order valence-electron chi connectivity index (χ3n) is 9.85. The van der Waals surface area contributed by atoms with Crippen molar-refractivity contribution in [1.82, 2.24) is 0 Å². The molecule has 0 saturated heterocycles. The molecule has 11 nitrogen and oxygen atoms in total. The molecule has 0 radical (unpaired) electrons. The Hall–Kier alpha value is -0.520. The van der Waals surface area contributed by atoms with Crippen molar-refractivity contribution in [3.8, 4) is 0 Å². The van der Waals surface area contributed by atoms with E-state index in [2.05, 4.69) is 18.4 Å². The van der Waals surface area contributed by atoms with Crippen LogP contribution in [0.2, 0.25) is 0 Å². The van der Waals surface area contributed by atoms with Gasteiger partial charge in [0.25, 0.3) is 7.82 Å². The van der Waals surface area contributed by atoms with Gasteiger partial charge in [-0.3, -0.25) is 18.9 Å². The second-order valence-electron chi connectivity index (χ2n) is 15.2. The van der Waals surface area contributed by atoms with Crippen molar-refractivity contribution < 1.29 is 77.0 Å². The fourth-order valence-electron chi connectivity index (χ4n) is 6.35. The Bertz CT molecular complexity index is 944. The van der Waals surface area contributed by atoms with Gasteiger partial charge in [-0.05, 0) is 12.8 Å². The predicted molar refractivity (Wildman–Crippen MR) is 215 cm³/mol. The maximum atomic E-state index is 12.6. The summed E-state index contributed by atoms with van der Waals surface area (Å²) in [6.07, 6.45) is 35.7. The number of aliphatic carboxylic acids is 1. The zero-order valence-corrected chi connectivity index (χ0v) is 38.4. The first-order valence-electron chi connectivity index (χ1n) is 22.0. The average molecular weight is 814 g/mol. The molecular weight excluding hydrogens is 732 g/mol. The quantitative estimate of drug-likeness (QED) is 0.0266. The zero-order chi connectivity index (χ0) is 40.0. The van der Waals surface area contributed by atoms with E-state index in [4.69, 9.17) is 24.8 Å². The van der Waals surface area contributed by atoms with E-state index in [-0.39, 0.29) is 49.0 Å². The topological polar surface area (TPSA) is 175 Å². The Kier molecular flexibility index (Phi) is 42.8. The van der Waals surface area contributed by atoms with Crippen LogP contribution in [0.15, 0.2) is 0 Å². The van der Waals surface area contributed by atoms with Crippen molar-refractivity contribution in [3.05, 3.63) is 0 Å². The molecule has 55 heavy (non-hydrogen) atoms. The number of carboxylic acids is 1. The summed E-state index contributed by atoms with van der Waals surface area (Å²) in [5, 5.41) is 8.86. The van der Waals surface area contributed by atoms with Crippen molar-refractivity contribution in [2.24, 2.45) is 5.73 Å². The second-order valence-corrected chi connectivity index (χ2v) is 16.6. The molecule has 0 bridgehead atoms. The number of esters is 2. The summed E-state index contributed by atoms with van der Waals surface area (Å²) >= 11 is 0. The molecule has 0 aromatic rings. The first kappa shape index (κ1) is 56.6. The van der Waals surface area contributed by atoms with Gasteiger partial charge in [0.1, 0.15) is 12.6 Å². The predicted octanol–water partition coefficient (Wildman–Crippen LogP) is 7.88. The van der Waals surface area contributed by atoms with Gasteiger partial charge in [-0.15, -0.1) is 0 Å². The summed E-state index contributed by atoms with van der Waals surface area (Å²) in [6.45, 7) is 2.68. The van der Waals surface area contributed by atoms with Gasteiger partial charge in [0, 0.05) is 12.8 Å². The SMILES string of the molecule is CCCCCCCCCCCCCCCCCC(=O)OC[C@H](COP(=O)([O-])OC[C@H](N)C(=O)O)OC(=O)CCCCCCCCCCCCCCCCC.[Na+]. The maximum absolute atomic E-state index is 12.6. The second kappa shape index (κ2) is 41.6. The minimum atomic E-state index is -4.96. The van der Waals surface area contributed by atoms with Crippen LogP contribution < -0.4 is 40.2 Å². The molecule has 3 N–H and O–H groups in total. The molecule has 320 valence electrons. The van der Waals surface area contributed by atoms with Gasteiger partial charge in [0.2, 0.25) is 0 Å². The Morgan fingerprint density at radius 3 is 1.18 bits per heavy atom. The van der Waals surface area contributed by atoms with E-state index < -0.39 is 51.1 Å². The van der Waals surface area contributed by atoms with Crippen LogP contribution >= 0.6 is 7.82 Å². The molecule has 0 fully saturated rings. The van der Waals surface area contributed by atoms with Crippen LogP contribution in [-0.2, 0) is 37.5 Å². The Morgan fingerprint density at radius 2 is 0.836 bits per heavy atom. The minimum absolute atomic E-state index is 0.